The maximum Gasteiger partial charge on any atom is 0.248 e. The molecular formula is C24H37N7O4. The lowest BCUT2D eigenvalue weighted by atomic mass is 9.85. The molecule has 2 aromatic rings. The van der Waals surface area contributed by atoms with Gasteiger partial charge in [0.1, 0.15) is 12.1 Å². The van der Waals surface area contributed by atoms with Gasteiger partial charge >= 0.3 is 0 Å². The fraction of sp³-hybridized carbons (Fsp3) is 0.708. The van der Waals surface area contributed by atoms with Crippen LogP contribution in [0.4, 0.5) is 0 Å². The third kappa shape index (κ3) is 5.11. The number of nitrogens with one attached hydrogen (secondary N) is 1. The maximum absolute atomic E-state index is 13.8. The second-order valence-corrected chi connectivity index (χ2v) is 11.0. The first kappa shape index (κ1) is 25.3. The minimum atomic E-state index is -0.929. The average molecular weight is 488 g/mol. The molecule has 3 heterocycles. The van der Waals surface area contributed by atoms with Gasteiger partial charge in [-0.05, 0) is 32.1 Å². The van der Waals surface area contributed by atoms with Gasteiger partial charge in [-0.2, -0.15) is 5.10 Å². The van der Waals surface area contributed by atoms with Crippen molar-refractivity contribution in [1.82, 2.24) is 35.0 Å². The summed E-state index contributed by atoms with van der Waals surface area (Å²) in [6.45, 7) is 9.57. The highest BCUT2D eigenvalue weighted by atomic mass is 16.3. The van der Waals surface area contributed by atoms with Crippen molar-refractivity contribution in [2.75, 3.05) is 13.1 Å². The lowest BCUT2D eigenvalue weighted by Crippen LogP contribution is -2.50. The van der Waals surface area contributed by atoms with E-state index in [1.807, 2.05) is 40.8 Å². The molecule has 0 aromatic carbocycles. The van der Waals surface area contributed by atoms with E-state index in [-0.39, 0.29) is 25.4 Å². The van der Waals surface area contributed by atoms with Crippen LogP contribution in [-0.4, -0.2) is 76.9 Å². The number of nitrogens with zero attached hydrogens (tertiary/aromatic N) is 6. The van der Waals surface area contributed by atoms with Gasteiger partial charge in [0.25, 0.3) is 0 Å². The molecule has 35 heavy (non-hydrogen) atoms. The number of β-amino-alcohol motifs (C(OH)–C–C–N with tert-alkyl or cyclic N) is 1. The third-order valence-electron chi connectivity index (χ3n) is 7.07. The monoisotopic (exact) mass is 487 g/mol. The van der Waals surface area contributed by atoms with Gasteiger partial charge in [0.15, 0.2) is 0 Å². The number of aliphatic hydroxyl groups is 2. The first-order valence-electron chi connectivity index (χ1n) is 12.2. The SMILES string of the molecule is Cc1nn(C)c(C)c1C(O)CNC(=O)C1CC(O)CN1C(=O)[C@@H](n1cc(C2CC2)nn1)C(C)(C)C. The number of amides is 2. The van der Waals surface area contributed by atoms with E-state index in [4.69, 9.17) is 0 Å². The molecule has 0 spiro atoms. The van der Waals surface area contributed by atoms with Gasteiger partial charge in [-0.25, -0.2) is 4.68 Å². The fourth-order valence-corrected chi connectivity index (χ4v) is 5.02. The highest BCUT2D eigenvalue weighted by Gasteiger charge is 2.45. The Bertz CT molecular complexity index is 1100. The van der Waals surface area contributed by atoms with E-state index < -0.39 is 35.6 Å². The van der Waals surface area contributed by atoms with E-state index in [0.717, 1.165) is 24.2 Å². The molecule has 1 aliphatic carbocycles. The van der Waals surface area contributed by atoms with Gasteiger partial charge < -0.3 is 20.4 Å². The van der Waals surface area contributed by atoms with E-state index in [0.29, 0.717) is 17.2 Å². The summed E-state index contributed by atoms with van der Waals surface area (Å²) in [4.78, 5) is 28.4. The number of aryl methyl sites for hydroxylation is 2. The van der Waals surface area contributed by atoms with Crippen molar-refractivity contribution in [2.45, 2.75) is 84.1 Å². The van der Waals surface area contributed by atoms with Gasteiger partial charge in [0, 0.05) is 49.9 Å². The Kier molecular flexibility index (Phi) is 6.76. The lowest BCUT2D eigenvalue weighted by molar-refractivity contribution is -0.144. The van der Waals surface area contributed by atoms with E-state index in [1.54, 1.807) is 16.4 Å². The third-order valence-corrected chi connectivity index (χ3v) is 7.07. The van der Waals surface area contributed by atoms with Crippen LogP contribution in [0.25, 0.3) is 0 Å². The summed E-state index contributed by atoms with van der Waals surface area (Å²) in [5.41, 5.74) is 2.59. The van der Waals surface area contributed by atoms with Crippen LogP contribution in [0.2, 0.25) is 0 Å². The normalized spacial score (nSPS) is 22.3. The summed E-state index contributed by atoms with van der Waals surface area (Å²) < 4.78 is 3.29. The molecule has 3 N–H and O–H groups in total. The Hall–Kier alpha value is -2.79. The van der Waals surface area contributed by atoms with Crippen LogP contribution in [0.1, 0.15) is 80.7 Å². The molecule has 4 rings (SSSR count). The van der Waals surface area contributed by atoms with Gasteiger partial charge in [0.2, 0.25) is 11.8 Å². The second kappa shape index (κ2) is 9.34. The summed E-state index contributed by atoms with van der Waals surface area (Å²) >= 11 is 0. The Labute approximate surface area is 205 Å². The molecule has 1 saturated carbocycles. The largest absolute Gasteiger partial charge is 0.391 e. The van der Waals surface area contributed by atoms with Crippen molar-refractivity contribution in [2.24, 2.45) is 12.5 Å². The van der Waals surface area contributed by atoms with Gasteiger partial charge in [-0.3, -0.25) is 14.3 Å². The van der Waals surface area contributed by atoms with Crippen molar-refractivity contribution >= 4 is 11.8 Å². The number of aromatic nitrogens is 5. The number of likely N-dealkylation sites (tertiary alicyclic amines) is 1. The van der Waals surface area contributed by atoms with Crippen LogP contribution >= 0.6 is 0 Å². The van der Waals surface area contributed by atoms with Gasteiger partial charge in [0.05, 0.1) is 23.6 Å². The number of rotatable bonds is 7. The van der Waals surface area contributed by atoms with Crippen molar-refractivity contribution in [3.8, 4) is 0 Å². The fourth-order valence-electron chi connectivity index (χ4n) is 5.02. The molecule has 1 aliphatic heterocycles. The van der Waals surface area contributed by atoms with Crippen LogP contribution in [0, 0.1) is 19.3 Å². The summed E-state index contributed by atoms with van der Waals surface area (Å²) in [6.07, 6.45) is 2.40. The molecule has 0 bridgehead atoms. The molecule has 11 heteroatoms. The zero-order valence-corrected chi connectivity index (χ0v) is 21.4. The maximum atomic E-state index is 13.8. The standard InChI is InChI=1S/C24H37N7O4/c1-13-20(14(2)29(6)27-13)19(33)10-25-22(34)18-9-16(32)11-30(18)23(35)21(24(3,4)5)31-12-17(26-28-31)15-7-8-15/h12,15-16,18-19,21,32-33H,7-11H2,1-6H3,(H,25,34)/t16?,18?,19?,21-/m1/s1. The zero-order valence-electron chi connectivity index (χ0n) is 21.4. The Morgan fingerprint density at radius 3 is 2.51 bits per heavy atom. The number of carbonyl (C=O) groups excluding carboxylic acids is 2. The average Bonchev–Trinajstić information content (AvgIpc) is 3.28. The molecule has 3 unspecified atom stereocenters. The van der Waals surface area contributed by atoms with Crippen LogP contribution < -0.4 is 5.32 Å². The smallest absolute Gasteiger partial charge is 0.248 e. The van der Waals surface area contributed by atoms with Crippen molar-refractivity contribution in [3.63, 3.8) is 0 Å². The minimum absolute atomic E-state index is 0.0165. The number of hydrogen-bond acceptors (Lipinski definition) is 7. The second-order valence-electron chi connectivity index (χ2n) is 11.0. The first-order valence-corrected chi connectivity index (χ1v) is 12.2. The summed E-state index contributed by atoms with van der Waals surface area (Å²) in [6, 6.07) is -1.51. The lowest BCUT2D eigenvalue weighted by Gasteiger charge is -2.34. The predicted molar refractivity (Wildman–Crippen MR) is 127 cm³/mol. The number of aliphatic hydroxyl groups excluding tert-OH is 2. The topological polar surface area (TPSA) is 138 Å². The van der Waals surface area contributed by atoms with Crippen molar-refractivity contribution < 1.29 is 19.8 Å². The van der Waals surface area contributed by atoms with Gasteiger partial charge in [-0.15, -0.1) is 5.10 Å². The molecule has 2 aromatic heterocycles. The quantitative estimate of drug-likeness (QED) is 0.527. The molecule has 11 nitrogen and oxygen atoms in total. The van der Waals surface area contributed by atoms with E-state index in [2.05, 4.69) is 20.7 Å². The van der Waals surface area contributed by atoms with Crippen LogP contribution in [-0.2, 0) is 16.6 Å². The molecule has 0 radical (unpaired) electrons. The minimum Gasteiger partial charge on any atom is -0.391 e. The summed E-state index contributed by atoms with van der Waals surface area (Å²) in [5, 5.41) is 36.7. The predicted octanol–water partition coefficient (Wildman–Crippen LogP) is 0.905. The van der Waals surface area contributed by atoms with Crippen LogP contribution in [0.15, 0.2) is 6.20 Å². The van der Waals surface area contributed by atoms with E-state index in [9.17, 15) is 19.8 Å². The highest BCUT2D eigenvalue weighted by Crippen LogP contribution is 2.40. The molecule has 4 atom stereocenters. The summed E-state index contributed by atoms with van der Waals surface area (Å²) in [7, 11) is 1.80. The molecular weight excluding hydrogens is 450 g/mol. The van der Waals surface area contributed by atoms with Gasteiger partial charge in [-0.1, -0.05) is 26.0 Å². The van der Waals surface area contributed by atoms with E-state index in [1.165, 1.54) is 4.90 Å². The number of hydrogen-bond donors (Lipinski definition) is 3. The molecule has 2 aliphatic rings. The van der Waals surface area contributed by atoms with Crippen molar-refractivity contribution in [1.29, 1.82) is 0 Å². The first-order chi connectivity index (χ1) is 16.4. The number of carbonyl (C=O) groups is 2. The Balaban J connectivity index is 1.49. The Morgan fingerprint density at radius 1 is 1.26 bits per heavy atom. The van der Waals surface area contributed by atoms with Crippen molar-refractivity contribution in [3.05, 3.63) is 28.8 Å². The molecule has 2 fully saturated rings. The van der Waals surface area contributed by atoms with E-state index >= 15 is 0 Å². The molecule has 192 valence electrons. The summed E-state index contributed by atoms with van der Waals surface area (Å²) in [5.74, 6) is -0.274. The molecule has 1 saturated heterocycles. The van der Waals surface area contributed by atoms with Crippen LogP contribution in [0.5, 0.6) is 0 Å². The molecule has 2 amide bonds. The Morgan fingerprint density at radius 2 is 1.94 bits per heavy atom. The zero-order chi connectivity index (χ0) is 25.7. The highest BCUT2D eigenvalue weighted by molar-refractivity contribution is 5.90. The van der Waals surface area contributed by atoms with Crippen LogP contribution in [0.3, 0.4) is 0 Å².